The van der Waals surface area contributed by atoms with Crippen LogP contribution in [0.25, 0.3) is 0 Å². The number of hydrogen-bond acceptors (Lipinski definition) is 5. The van der Waals surface area contributed by atoms with E-state index >= 15 is 0 Å². The fourth-order valence-corrected chi connectivity index (χ4v) is 3.47. The Morgan fingerprint density at radius 2 is 2.50 bits per heavy atom. The van der Waals surface area contributed by atoms with Crippen molar-refractivity contribution in [1.29, 1.82) is 0 Å². The predicted molar refractivity (Wildman–Crippen MR) is 65.2 cm³/mol. The first-order valence-corrected chi connectivity index (χ1v) is 7.39. The van der Waals surface area contributed by atoms with Crippen molar-refractivity contribution in [2.45, 2.75) is 43.5 Å². The van der Waals surface area contributed by atoms with E-state index in [1.807, 2.05) is 0 Å². The number of nitrogens with one attached hydrogen (secondary N) is 2. The van der Waals surface area contributed by atoms with Gasteiger partial charge in [-0.05, 0) is 19.8 Å². The van der Waals surface area contributed by atoms with Gasteiger partial charge in [-0.25, -0.2) is 13.1 Å². The van der Waals surface area contributed by atoms with Gasteiger partial charge >= 0.3 is 0 Å². The number of nitrogens with two attached hydrogens (primary N) is 1. The lowest BCUT2D eigenvalue weighted by molar-refractivity contribution is 0.0902. The summed E-state index contributed by atoms with van der Waals surface area (Å²) >= 11 is 0. The van der Waals surface area contributed by atoms with Gasteiger partial charge in [0.1, 0.15) is 0 Å². The zero-order valence-corrected chi connectivity index (χ0v) is 11.0. The fraction of sp³-hybridized carbons (Fsp3) is 0.700. The van der Waals surface area contributed by atoms with Gasteiger partial charge in [-0.1, -0.05) is 0 Å². The molecule has 2 rings (SSSR count). The molecule has 1 aliphatic heterocycles. The summed E-state index contributed by atoms with van der Waals surface area (Å²) in [4.78, 5) is 0. The van der Waals surface area contributed by atoms with E-state index in [2.05, 4.69) is 14.9 Å². The molecule has 1 aliphatic rings. The van der Waals surface area contributed by atoms with Crippen LogP contribution in [0.15, 0.2) is 11.2 Å². The normalized spacial score (nSPS) is 22.2. The Hall–Kier alpha value is -0.960. The third kappa shape index (κ3) is 2.72. The molecule has 7 nitrogen and oxygen atoms in total. The minimum Gasteiger partial charge on any atom is -0.377 e. The van der Waals surface area contributed by atoms with E-state index in [0.717, 1.165) is 12.8 Å². The van der Waals surface area contributed by atoms with Crippen LogP contribution in [0.2, 0.25) is 0 Å². The Balaban J connectivity index is 2.11. The second kappa shape index (κ2) is 5.35. The summed E-state index contributed by atoms with van der Waals surface area (Å²) in [5.74, 6) is 0. The summed E-state index contributed by atoms with van der Waals surface area (Å²) in [6, 6.07) is -0.272. The molecule has 1 fully saturated rings. The Labute approximate surface area is 106 Å². The van der Waals surface area contributed by atoms with Gasteiger partial charge in [-0.2, -0.15) is 5.10 Å². The van der Waals surface area contributed by atoms with Gasteiger partial charge in [0.05, 0.1) is 12.3 Å². The van der Waals surface area contributed by atoms with Crippen LogP contribution in [-0.4, -0.2) is 37.4 Å². The summed E-state index contributed by atoms with van der Waals surface area (Å²) in [6.07, 6.45) is 3.19. The first kappa shape index (κ1) is 13.5. The monoisotopic (exact) mass is 274 g/mol. The van der Waals surface area contributed by atoms with Crippen molar-refractivity contribution >= 4 is 10.0 Å². The number of ether oxygens (including phenoxy) is 1. The number of nitrogens with zero attached hydrogens (tertiary/aromatic N) is 1. The fourth-order valence-electron chi connectivity index (χ4n) is 2.05. The smallest absolute Gasteiger partial charge is 0.258 e. The lowest BCUT2D eigenvalue weighted by Gasteiger charge is -2.19. The summed E-state index contributed by atoms with van der Waals surface area (Å²) in [5.41, 5.74) is 5.94. The molecule has 1 saturated heterocycles. The first-order chi connectivity index (χ1) is 8.54. The van der Waals surface area contributed by atoms with Crippen LogP contribution in [0.3, 0.4) is 0 Å². The van der Waals surface area contributed by atoms with E-state index in [9.17, 15) is 8.42 Å². The van der Waals surface area contributed by atoms with E-state index in [4.69, 9.17) is 10.5 Å². The maximum atomic E-state index is 12.1. The molecule has 0 spiro atoms. The van der Waals surface area contributed by atoms with Crippen molar-refractivity contribution in [2.75, 3.05) is 6.61 Å². The Morgan fingerprint density at radius 3 is 3.11 bits per heavy atom. The number of rotatable bonds is 5. The zero-order valence-electron chi connectivity index (χ0n) is 10.2. The summed E-state index contributed by atoms with van der Waals surface area (Å²) in [6.45, 7) is 2.61. The molecule has 0 bridgehead atoms. The van der Waals surface area contributed by atoms with E-state index in [0.29, 0.717) is 12.2 Å². The van der Waals surface area contributed by atoms with E-state index in [1.165, 1.54) is 6.20 Å². The summed E-state index contributed by atoms with van der Waals surface area (Å²) in [7, 11) is -3.62. The van der Waals surface area contributed by atoms with Gasteiger partial charge in [-0.15, -0.1) is 0 Å². The molecule has 1 aromatic rings. The van der Waals surface area contributed by atoms with Gasteiger partial charge in [0.15, 0.2) is 5.03 Å². The lowest BCUT2D eigenvalue weighted by Crippen LogP contribution is -2.41. The van der Waals surface area contributed by atoms with Crippen molar-refractivity contribution in [1.82, 2.24) is 14.9 Å². The SMILES string of the molecule is CC(NS(=O)(=O)c1[nH]ncc1CN)C1CCCO1. The molecule has 1 aromatic heterocycles. The Kier molecular flexibility index (Phi) is 4.00. The predicted octanol–water partition coefficient (Wildman–Crippen LogP) is -0.286. The second-order valence-electron chi connectivity index (χ2n) is 4.39. The van der Waals surface area contributed by atoms with E-state index in [-0.39, 0.29) is 23.7 Å². The average Bonchev–Trinajstić information content (AvgIpc) is 2.99. The molecular weight excluding hydrogens is 256 g/mol. The topological polar surface area (TPSA) is 110 Å². The van der Waals surface area contributed by atoms with Gasteiger partial charge in [0.2, 0.25) is 0 Å². The highest BCUT2D eigenvalue weighted by Crippen LogP contribution is 2.18. The minimum atomic E-state index is -3.62. The minimum absolute atomic E-state index is 0.0369. The number of aromatic amines is 1. The molecule has 102 valence electrons. The molecule has 2 unspecified atom stereocenters. The third-order valence-electron chi connectivity index (χ3n) is 3.03. The molecule has 4 N–H and O–H groups in total. The maximum absolute atomic E-state index is 12.1. The number of aromatic nitrogens is 2. The van der Waals surface area contributed by atoms with Crippen LogP contribution in [0, 0.1) is 0 Å². The van der Waals surface area contributed by atoms with Gasteiger partial charge in [-0.3, -0.25) is 5.10 Å². The van der Waals surface area contributed by atoms with Gasteiger partial charge in [0, 0.05) is 24.8 Å². The van der Waals surface area contributed by atoms with Crippen LogP contribution in [0.1, 0.15) is 25.3 Å². The highest BCUT2D eigenvalue weighted by Gasteiger charge is 2.28. The van der Waals surface area contributed by atoms with Gasteiger partial charge in [0.25, 0.3) is 10.0 Å². The molecule has 0 aromatic carbocycles. The number of sulfonamides is 1. The quantitative estimate of drug-likeness (QED) is 0.683. The Morgan fingerprint density at radius 1 is 1.72 bits per heavy atom. The second-order valence-corrected chi connectivity index (χ2v) is 6.04. The van der Waals surface area contributed by atoms with Crippen LogP contribution in [0.5, 0.6) is 0 Å². The van der Waals surface area contributed by atoms with Crippen molar-refractivity contribution in [3.63, 3.8) is 0 Å². The van der Waals surface area contributed by atoms with Crippen LogP contribution >= 0.6 is 0 Å². The molecule has 0 aliphatic carbocycles. The molecule has 0 amide bonds. The van der Waals surface area contributed by atoms with Crippen LogP contribution < -0.4 is 10.5 Å². The van der Waals surface area contributed by atoms with E-state index in [1.54, 1.807) is 6.92 Å². The van der Waals surface area contributed by atoms with Crippen molar-refractivity contribution < 1.29 is 13.2 Å². The summed E-state index contributed by atoms with van der Waals surface area (Å²) < 4.78 is 32.3. The maximum Gasteiger partial charge on any atom is 0.258 e. The highest BCUT2D eigenvalue weighted by atomic mass is 32.2. The molecular formula is C10H18N4O3S. The van der Waals surface area contributed by atoms with Crippen molar-refractivity contribution in [3.05, 3.63) is 11.8 Å². The molecule has 2 heterocycles. The molecule has 0 radical (unpaired) electrons. The highest BCUT2D eigenvalue weighted by molar-refractivity contribution is 7.89. The first-order valence-electron chi connectivity index (χ1n) is 5.91. The Bertz CT molecular complexity index is 493. The van der Waals surface area contributed by atoms with Gasteiger partial charge < -0.3 is 10.5 Å². The number of hydrogen-bond donors (Lipinski definition) is 3. The van der Waals surface area contributed by atoms with Crippen molar-refractivity contribution in [2.24, 2.45) is 5.73 Å². The molecule has 8 heteroatoms. The summed E-state index contributed by atoms with van der Waals surface area (Å²) in [5, 5.41) is 6.22. The largest absolute Gasteiger partial charge is 0.377 e. The van der Waals surface area contributed by atoms with Crippen molar-refractivity contribution in [3.8, 4) is 0 Å². The molecule has 0 saturated carbocycles. The molecule has 18 heavy (non-hydrogen) atoms. The van der Waals surface area contributed by atoms with Crippen LogP contribution in [0.4, 0.5) is 0 Å². The number of H-pyrrole nitrogens is 1. The van der Waals surface area contributed by atoms with E-state index < -0.39 is 10.0 Å². The van der Waals surface area contributed by atoms with Crippen LogP contribution in [-0.2, 0) is 21.3 Å². The molecule has 2 atom stereocenters. The standard InChI is InChI=1S/C10H18N4O3S/c1-7(9-3-2-4-17-9)14-18(15,16)10-8(5-11)6-12-13-10/h6-7,9,14H,2-5,11H2,1H3,(H,12,13). The zero-order chi connectivity index (χ0) is 13.2. The lowest BCUT2D eigenvalue weighted by atomic mass is 10.1. The third-order valence-corrected chi connectivity index (χ3v) is 4.60. The average molecular weight is 274 g/mol.